The third-order valence-electron chi connectivity index (χ3n) is 5.08. The van der Waals surface area contributed by atoms with Gasteiger partial charge >= 0.3 is 0 Å². The first-order valence-corrected chi connectivity index (χ1v) is 7.43. The van der Waals surface area contributed by atoms with E-state index in [9.17, 15) is 4.79 Å². The maximum absolute atomic E-state index is 12.5. The number of piperazine rings is 1. The summed E-state index contributed by atoms with van der Waals surface area (Å²) in [5, 5.41) is 3.32. The fourth-order valence-corrected chi connectivity index (χ4v) is 3.42. The van der Waals surface area contributed by atoms with Gasteiger partial charge in [-0.05, 0) is 32.7 Å². The molecule has 20 heavy (non-hydrogen) atoms. The summed E-state index contributed by atoms with van der Waals surface area (Å²) in [5.41, 5.74) is -0.140. The summed E-state index contributed by atoms with van der Waals surface area (Å²) in [6, 6.07) is 0.825. The second-order valence-corrected chi connectivity index (χ2v) is 6.40. The van der Waals surface area contributed by atoms with Gasteiger partial charge in [-0.25, -0.2) is 0 Å². The SMILES string of the molecule is CC1(C(=O)N2CCN(C3CCC3)CC2)CCNC1.Cl.Cl. The number of amides is 1. The second kappa shape index (κ2) is 7.30. The quantitative estimate of drug-likeness (QED) is 0.837. The average Bonchev–Trinajstić information content (AvgIpc) is 2.75. The van der Waals surface area contributed by atoms with Crippen LogP contribution in [-0.2, 0) is 4.79 Å². The Morgan fingerprint density at radius 1 is 1.15 bits per heavy atom. The van der Waals surface area contributed by atoms with Crippen molar-refractivity contribution in [1.29, 1.82) is 0 Å². The van der Waals surface area contributed by atoms with Gasteiger partial charge in [-0.1, -0.05) is 6.42 Å². The molecule has 6 heteroatoms. The molecule has 0 spiro atoms. The molecular formula is C14H27Cl2N3O. The number of halogens is 2. The lowest BCUT2D eigenvalue weighted by atomic mass is 9.87. The summed E-state index contributed by atoms with van der Waals surface area (Å²) in [5.74, 6) is 0.376. The maximum atomic E-state index is 12.5. The van der Waals surface area contributed by atoms with Gasteiger partial charge in [0.25, 0.3) is 0 Å². The third-order valence-corrected chi connectivity index (χ3v) is 5.08. The van der Waals surface area contributed by atoms with Gasteiger partial charge in [0.2, 0.25) is 5.91 Å². The van der Waals surface area contributed by atoms with Crippen molar-refractivity contribution >= 4 is 30.7 Å². The molecule has 2 heterocycles. The summed E-state index contributed by atoms with van der Waals surface area (Å²) in [6.07, 6.45) is 5.13. The first-order chi connectivity index (χ1) is 8.69. The molecule has 1 aliphatic carbocycles. The van der Waals surface area contributed by atoms with Crippen LogP contribution in [0.2, 0.25) is 0 Å². The Morgan fingerprint density at radius 2 is 1.80 bits per heavy atom. The highest BCUT2D eigenvalue weighted by atomic mass is 35.5. The molecule has 0 aromatic carbocycles. The molecular weight excluding hydrogens is 297 g/mol. The first kappa shape index (κ1) is 18.0. The summed E-state index contributed by atoms with van der Waals surface area (Å²) >= 11 is 0. The third kappa shape index (κ3) is 3.41. The molecule has 1 N–H and O–H groups in total. The number of carbonyl (C=O) groups is 1. The van der Waals surface area contributed by atoms with E-state index in [2.05, 4.69) is 22.0 Å². The number of carbonyl (C=O) groups excluding carboxylic acids is 1. The Labute approximate surface area is 134 Å². The molecule has 2 saturated heterocycles. The standard InChI is InChI=1S/C14H25N3O.2ClH/c1-14(5-6-15-11-14)13(18)17-9-7-16(8-10-17)12-3-2-4-12;;/h12,15H,2-11H2,1H3;2*1H. The van der Waals surface area contributed by atoms with E-state index in [1.807, 2.05) is 0 Å². The van der Waals surface area contributed by atoms with Gasteiger partial charge in [-0.2, -0.15) is 0 Å². The highest BCUT2D eigenvalue weighted by Crippen LogP contribution is 2.29. The van der Waals surface area contributed by atoms with Crippen LogP contribution in [0.5, 0.6) is 0 Å². The van der Waals surface area contributed by atoms with Gasteiger partial charge < -0.3 is 10.2 Å². The van der Waals surface area contributed by atoms with Gasteiger partial charge in [0.1, 0.15) is 0 Å². The van der Waals surface area contributed by atoms with Crippen molar-refractivity contribution in [2.24, 2.45) is 5.41 Å². The van der Waals surface area contributed by atoms with Crippen LogP contribution in [0.25, 0.3) is 0 Å². The van der Waals surface area contributed by atoms with E-state index in [4.69, 9.17) is 0 Å². The minimum atomic E-state index is -0.140. The van der Waals surface area contributed by atoms with Crippen LogP contribution < -0.4 is 5.32 Å². The zero-order valence-electron chi connectivity index (χ0n) is 12.3. The number of nitrogens with one attached hydrogen (secondary N) is 1. The van der Waals surface area contributed by atoms with Crippen molar-refractivity contribution in [2.45, 2.75) is 38.6 Å². The zero-order valence-corrected chi connectivity index (χ0v) is 13.9. The molecule has 2 aliphatic heterocycles. The highest BCUT2D eigenvalue weighted by Gasteiger charge is 2.40. The minimum absolute atomic E-state index is 0. The fraction of sp³-hybridized carbons (Fsp3) is 0.929. The lowest BCUT2D eigenvalue weighted by molar-refractivity contribution is -0.142. The van der Waals surface area contributed by atoms with Crippen LogP contribution >= 0.6 is 24.8 Å². The summed E-state index contributed by atoms with van der Waals surface area (Å²) in [4.78, 5) is 17.2. The molecule has 1 atom stereocenters. The molecule has 3 fully saturated rings. The van der Waals surface area contributed by atoms with E-state index in [1.165, 1.54) is 19.3 Å². The topological polar surface area (TPSA) is 35.6 Å². The van der Waals surface area contributed by atoms with Crippen LogP contribution in [0.4, 0.5) is 0 Å². The number of nitrogens with zero attached hydrogens (tertiary/aromatic N) is 2. The zero-order chi connectivity index (χ0) is 12.6. The molecule has 4 nitrogen and oxygen atoms in total. The van der Waals surface area contributed by atoms with Crippen LogP contribution in [0.1, 0.15) is 32.6 Å². The summed E-state index contributed by atoms with van der Waals surface area (Å²) in [7, 11) is 0. The number of hydrogen-bond donors (Lipinski definition) is 1. The van der Waals surface area contributed by atoms with Crippen molar-refractivity contribution < 1.29 is 4.79 Å². The van der Waals surface area contributed by atoms with E-state index in [1.54, 1.807) is 0 Å². The van der Waals surface area contributed by atoms with Crippen molar-refractivity contribution in [3.8, 4) is 0 Å². The van der Waals surface area contributed by atoms with E-state index in [-0.39, 0.29) is 30.2 Å². The van der Waals surface area contributed by atoms with Crippen molar-refractivity contribution in [1.82, 2.24) is 15.1 Å². The molecule has 1 saturated carbocycles. The molecule has 3 rings (SSSR count). The van der Waals surface area contributed by atoms with Crippen LogP contribution in [-0.4, -0.2) is 61.0 Å². The molecule has 3 aliphatic rings. The predicted octanol–water partition coefficient (Wildman–Crippen LogP) is 1.53. The monoisotopic (exact) mass is 323 g/mol. The molecule has 118 valence electrons. The van der Waals surface area contributed by atoms with Gasteiger partial charge in [0.15, 0.2) is 0 Å². The number of rotatable bonds is 2. The molecule has 0 aromatic heterocycles. The van der Waals surface area contributed by atoms with E-state index >= 15 is 0 Å². The highest BCUT2D eigenvalue weighted by molar-refractivity contribution is 5.85. The Morgan fingerprint density at radius 3 is 2.25 bits per heavy atom. The second-order valence-electron chi connectivity index (χ2n) is 6.40. The summed E-state index contributed by atoms with van der Waals surface area (Å²) in [6.45, 7) is 8.00. The molecule has 1 unspecified atom stereocenters. The normalized spacial score (nSPS) is 31.1. The molecule has 0 aromatic rings. The van der Waals surface area contributed by atoms with Crippen LogP contribution in [0.3, 0.4) is 0 Å². The van der Waals surface area contributed by atoms with Crippen molar-refractivity contribution in [2.75, 3.05) is 39.3 Å². The number of hydrogen-bond acceptors (Lipinski definition) is 3. The van der Waals surface area contributed by atoms with E-state index in [0.717, 1.165) is 51.7 Å². The molecule has 0 radical (unpaired) electrons. The Bertz CT molecular complexity index is 322. The Hall–Kier alpha value is -0.0300. The van der Waals surface area contributed by atoms with Crippen molar-refractivity contribution in [3.05, 3.63) is 0 Å². The van der Waals surface area contributed by atoms with E-state index < -0.39 is 0 Å². The fourth-order valence-electron chi connectivity index (χ4n) is 3.42. The van der Waals surface area contributed by atoms with Crippen LogP contribution in [0, 0.1) is 5.41 Å². The lowest BCUT2D eigenvalue weighted by Gasteiger charge is -2.44. The average molecular weight is 324 g/mol. The first-order valence-electron chi connectivity index (χ1n) is 7.43. The van der Waals surface area contributed by atoms with Gasteiger partial charge in [-0.3, -0.25) is 9.69 Å². The Kier molecular flexibility index (Phi) is 6.58. The Balaban J connectivity index is 0.000001000. The van der Waals surface area contributed by atoms with Crippen molar-refractivity contribution in [3.63, 3.8) is 0 Å². The van der Waals surface area contributed by atoms with Gasteiger partial charge in [0, 0.05) is 38.8 Å². The summed E-state index contributed by atoms with van der Waals surface area (Å²) < 4.78 is 0. The van der Waals surface area contributed by atoms with Gasteiger partial charge in [0.05, 0.1) is 5.41 Å². The van der Waals surface area contributed by atoms with Gasteiger partial charge in [-0.15, -0.1) is 24.8 Å². The molecule has 0 bridgehead atoms. The smallest absolute Gasteiger partial charge is 0.229 e. The minimum Gasteiger partial charge on any atom is -0.340 e. The largest absolute Gasteiger partial charge is 0.340 e. The lowest BCUT2D eigenvalue weighted by Crippen LogP contribution is -2.56. The predicted molar refractivity (Wildman–Crippen MR) is 85.9 cm³/mol. The van der Waals surface area contributed by atoms with Crippen LogP contribution in [0.15, 0.2) is 0 Å². The molecule has 1 amide bonds. The van der Waals surface area contributed by atoms with E-state index in [0.29, 0.717) is 5.91 Å². The maximum Gasteiger partial charge on any atom is 0.229 e.